The molecule has 2 rings (SSSR count). The van der Waals surface area contributed by atoms with Crippen LogP contribution in [0.15, 0.2) is 30.6 Å². The zero-order chi connectivity index (χ0) is 10.9. The molecule has 0 aromatic carbocycles. The second-order valence-corrected chi connectivity index (χ2v) is 4.61. The minimum Gasteiger partial charge on any atom is -0.364 e. The predicted molar refractivity (Wildman–Crippen MR) is 62.9 cm³/mol. The van der Waals surface area contributed by atoms with E-state index in [-0.39, 0.29) is 5.54 Å². The number of nitrogens with one attached hydrogen (secondary N) is 1. The monoisotopic (exact) mass is 201 g/mol. The Bertz CT molecular complexity index is 466. The number of fused-ring (bicyclic) bond motifs is 1. The van der Waals surface area contributed by atoms with Crippen molar-refractivity contribution in [2.45, 2.75) is 26.3 Å². The average molecular weight is 201 g/mol. The molecule has 2 aromatic heterocycles. The zero-order valence-electron chi connectivity index (χ0n) is 9.28. The Labute approximate surface area is 89.6 Å². The molecule has 1 N–H and O–H groups in total. The van der Waals surface area contributed by atoms with Crippen LogP contribution in [-0.4, -0.2) is 15.5 Å². The molecule has 2 aromatic rings. The summed E-state index contributed by atoms with van der Waals surface area (Å²) in [6, 6.07) is 5.94. The maximum Gasteiger partial charge on any atom is 0.152 e. The number of hydrogen-bond donors (Lipinski definition) is 1. The number of rotatable bonds is 1. The first-order valence-electron chi connectivity index (χ1n) is 5.04. The van der Waals surface area contributed by atoms with E-state index in [1.807, 2.05) is 18.2 Å². The molecule has 3 nitrogen and oxygen atoms in total. The van der Waals surface area contributed by atoms with Crippen LogP contribution in [0.1, 0.15) is 20.8 Å². The molecule has 0 unspecified atom stereocenters. The summed E-state index contributed by atoms with van der Waals surface area (Å²) in [5.74, 6) is 0.848. The standard InChI is InChI=1S/C12H15N3/c1-12(2,3)15-11-10-9(6-8-14-11)5-4-7-13-10/h4-8H,1-3H3,(H,14,15). The van der Waals surface area contributed by atoms with Crippen LogP contribution in [0, 0.1) is 0 Å². The summed E-state index contributed by atoms with van der Waals surface area (Å²) < 4.78 is 0. The molecule has 15 heavy (non-hydrogen) atoms. The van der Waals surface area contributed by atoms with Gasteiger partial charge in [0.1, 0.15) is 5.52 Å². The van der Waals surface area contributed by atoms with Gasteiger partial charge >= 0.3 is 0 Å². The molecule has 78 valence electrons. The molecule has 0 aliphatic rings. The summed E-state index contributed by atoms with van der Waals surface area (Å²) in [7, 11) is 0. The van der Waals surface area contributed by atoms with E-state index in [1.165, 1.54) is 0 Å². The van der Waals surface area contributed by atoms with E-state index in [4.69, 9.17) is 0 Å². The Balaban J connectivity index is 2.52. The summed E-state index contributed by atoms with van der Waals surface area (Å²) in [5, 5.41) is 4.46. The number of hydrogen-bond acceptors (Lipinski definition) is 3. The first-order chi connectivity index (χ1) is 7.06. The Morgan fingerprint density at radius 1 is 1.07 bits per heavy atom. The normalized spacial score (nSPS) is 11.7. The summed E-state index contributed by atoms with van der Waals surface area (Å²) in [6.45, 7) is 6.32. The van der Waals surface area contributed by atoms with Crippen LogP contribution in [0.3, 0.4) is 0 Å². The van der Waals surface area contributed by atoms with Gasteiger partial charge in [0.05, 0.1) is 0 Å². The molecule has 0 atom stereocenters. The quantitative estimate of drug-likeness (QED) is 0.771. The van der Waals surface area contributed by atoms with Gasteiger partial charge in [-0.1, -0.05) is 6.07 Å². The highest BCUT2D eigenvalue weighted by atomic mass is 15.0. The van der Waals surface area contributed by atoms with Gasteiger partial charge in [-0.3, -0.25) is 4.98 Å². The third-order valence-electron chi connectivity index (χ3n) is 2.01. The lowest BCUT2D eigenvalue weighted by Gasteiger charge is -2.21. The number of aromatic nitrogens is 2. The molecule has 0 bridgehead atoms. The Kier molecular flexibility index (Phi) is 2.31. The maximum absolute atomic E-state index is 4.34. The van der Waals surface area contributed by atoms with Crippen molar-refractivity contribution in [3.8, 4) is 0 Å². The summed E-state index contributed by atoms with van der Waals surface area (Å²) >= 11 is 0. The third kappa shape index (κ3) is 2.24. The predicted octanol–water partition coefficient (Wildman–Crippen LogP) is 2.84. The van der Waals surface area contributed by atoms with Crippen LogP contribution in [0.2, 0.25) is 0 Å². The molecular weight excluding hydrogens is 186 g/mol. The molecule has 0 amide bonds. The molecule has 0 saturated heterocycles. The fraction of sp³-hybridized carbons (Fsp3) is 0.333. The van der Waals surface area contributed by atoms with Gasteiger partial charge in [0.25, 0.3) is 0 Å². The van der Waals surface area contributed by atoms with Crippen molar-refractivity contribution in [3.63, 3.8) is 0 Å². The van der Waals surface area contributed by atoms with Gasteiger partial charge in [-0.05, 0) is 32.9 Å². The fourth-order valence-electron chi connectivity index (χ4n) is 1.45. The summed E-state index contributed by atoms with van der Waals surface area (Å²) in [5.41, 5.74) is 0.925. The molecule has 2 heterocycles. The second kappa shape index (κ2) is 3.50. The third-order valence-corrected chi connectivity index (χ3v) is 2.01. The smallest absolute Gasteiger partial charge is 0.152 e. The van der Waals surface area contributed by atoms with Crippen molar-refractivity contribution in [3.05, 3.63) is 30.6 Å². The van der Waals surface area contributed by atoms with Crippen LogP contribution in [-0.2, 0) is 0 Å². The Morgan fingerprint density at radius 3 is 2.60 bits per heavy atom. The number of anilines is 1. The van der Waals surface area contributed by atoms with Crippen LogP contribution < -0.4 is 5.32 Å². The highest BCUT2D eigenvalue weighted by Gasteiger charge is 2.12. The van der Waals surface area contributed by atoms with Crippen LogP contribution in [0.4, 0.5) is 5.82 Å². The van der Waals surface area contributed by atoms with E-state index >= 15 is 0 Å². The minimum absolute atomic E-state index is 0.00119. The molecule has 0 aliphatic carbocycles. The highest BCUT2D eigenvalue weighted by molar-refractivity contribution is 5.87. The van der Waals surface area contributed by atoms with Crippen molar-refractivity contribution in [1.82, 2.24) is 9.97 Å². The lowest BCUT2D eigenvalue weighted by atomic mass is 10.1. The van der Waals surface area contributed by atoms with Crippen molar-refractivity contribution < 1.29 is 0 Å². The van der Waals surface area contributed by atoms with Crippen LogP contribution in [0.25, 0.3) is 10.9 Å². The average Bonchev–Trinajstić information content (AvgIpc) is 2.16. The van der Waals surface area contributed by atoms with Gasteiger partial charge in [-0.25, -0.2) is 4.98 Å². The molecule has 0 fully saturated rings. The van der Waals surface area contributed by atoms with Gasteiger partial charge in [-0.15, -0.1) is 0 Å². The van der Waals surface area contributed by atoms with Gasteiger partial charge in [0.15, 0.2) is 5.82 Å². The number of pyridine rings is 2. The van der Waals surface area contributed by atoms with Crippen molar-refractivity contribution in [1.29, 1.82) is 0 Å². The van der Waals surface area contributed by atoms with Crippen molar-refractivity contribution >= 4 is 16.7 Å². The lowest BCUT2D eigenvalue weighted by Crippen LogP contribution is -2.26. The van der Waals surface area contributed by atoms with Crippen LogP contribution >= 0.6 is 0 Å². The Hall–Kier alpha value is -1.64. The topological polar surface area (TPSA) is 37.8 Å². The van der Waals surface area contributed by atoms with Gasteiger partial charge in [0, 0.05) is 23.3 Å². The molecular formula is C12H15N3. The molecule has 0 radical (unpaired) electrons. The van der Waals surface area contributed by atoms with Crippen LogP contribution in [0.5, 0.6) is 0 Å². The minimum atomic E-state index is -0.00119. The molecule has 3 heteroatoms. The van der Waals surface area contributed by atoms with Crippen molar-refractivity contribution in [2.24, 2.45) is 0 Å². The maximum atomic E-state index is 4.34. The summed E-state index contributed by atoms with van der Waals surface area (Å²) in [4.78, 5) is 8.66. The van der Waals surface area contributed by atoms with Crippen molar-refractivity contribution in [2.75, 3.05) is 5.32 Å². The first-order valence-corrected chi connectivity index (χ1v) is 5.04. The summed E-state index contributed by atoms with van der Waals surface area (Å²) in [6.07, 6.45) is 3.59. The van der Waals surface area contributed by atoms with E-state index < -0.39 is 0 Å². The van der Waals surface area contributed by atoms with E-state index in [1.54, 1.807) is 12.4 Å². The Morgan fingerprint density at radius 2 is 1.87 bits per heavy atom. The molecule has 0 aliphatic heterocycles. The number of nitrogens with zero attached hydrogens (tertiary/aromatic N) is 2. The molecule has 0 saturated carbocycles. The fourth-order valence-corrected chi connectivity index (χ4v) is 1.45. The second-order valence-electron chi connectivity index (χ2n) is 4.61. The largest absolute Gasteiger partial charge is 0.364 e. The van der Waals surface area contributed by atoms with E-state index in [9.17, 15) is 0 Å². The lowest BCUT2D eigenvalue weighted by molar-refractivity contribution is 0.631. The van der Waals surface area contributed by atoms with E-state index in [2.05, 4.69) is 36.1 Å². The SMILES string of the molecule is CC(C)(C)Nc1nccc2cccnc12. The van der Waals surface area contributed by atoms with Gasteiger partial charge < -0.3 is 5.32 Å². The zero-order valence-corrected chi connectivity index (χ0v) is 9.28. The first kappa shape index (κ1) is 9.90. The highest BCUT2D eigenvalue weighted by Crippen LogP contribution is 2.20. The van der Waals surface area contributed by atoms with Gasteiger partial charge in [-0.2, -0.15) is 0 Å². The van der Waals surface area contributed by atoms with E-state index in [0.717, 1.165) is 16.7 Å². The molecule has 0 spiro atoms. The van der Waals surface area contributed by atoms with Gasteiger partial charge in [0.2, 0.25) is 0 Å². The van der Waals surface area contributed by atoms with E-state index in [0.29, 0.717) is 0 Å².